The normalized spacial score (nSPS) is 20.5. The van der Waals surface area contributed by atoms with E-state index in [9.17, 15) is 0 Å². The van der Waals surface area contributed by atoms with Gasteiger partial charge in [-0.1, -0.05) is 42.5 Å². The Bertz CT molecular complexity index is 875. The van der Waals surface area contributed by atoms with Crippen molar-refractivity contribution in [1.29, 1.82) is 0 Å². The molecule has 0 spiro atoms. The maximum absolute atomic E-state index is 2.54. The molecule has 2 aliphatic rings. The summed E-state index contributed by atoms with van der Waals surface area (Å²) in [6.45, 7) is 3.42. The van der Waals surface area contributed by atoms with Crippen molar-refractivity contribution >= 4 is 10.9 Å². The van der Waals surface area contributed by atoms with Crippen molar-refractivity contribution in [1.82, 2.24) is 9.47 Å². The topological polar surface area (TPSA) is 8.17 Å². The molecule has 0 saturated carbocycles. The summed E-state index contributed by atoms with van der Waals surface area (Å²) in [5, 5.41) is 1.47. The van der Waals surface area contributed by atoms with E-state index in [2.05, 4.69) is 65.0 Å². The molecule has 0 aliphatic carbocycles. The van der Waals surface area contributed by atoms with E-state index in [0.717, 1.165) is 6.54 Å². The number of hydrogen-bond donors (Lipinski definition) is 0. The summed E-state index contributed by atoms with van der Waals surface area (Å²) < 4.78 is 2.54. The first-order chi connectivity index (χ1) is 10.8. The average molecular weight is 288 g/mol. The maximum Gasteiger partial charge on any atom is 0.0533 e. The number of rotatable bonds is 1. The van der Waals surface area contributed by atoms with Gasteiger partial charge in [-0.3, -0.25) is 0 Å². The van der Waals surface area contributed by atoms with Gasteiger partial charge in [0.05, 0.1) is 5.69 Å². The van der Waals surface area contributed by atoms with E-state index < -0.39 is 0 Å². The van der Waals surface area contributed by atoms with Crippen molar-refractivity contribution in [2.75, 3.05) is 20.1 Å². The summed E-state index contributed by atoms with van der Waals surface area (Å²) in [5.41, 5.74) is 7.39. The molecule has 2 nitrogen and oxygen atoms in total. The predicted octanol–water partition coefficient (Wildman–Crippen LogP) is 4.09. The second-order valence-electron chi connectivity index (χ2n) is 6.77. The lowest BCUT2D eigenvalue weighted by molar-refractivity contribution is 0.412. The zero-order chi connectivity index (χ0) is 14.7. The fraction of sp³-hybridized carbons (Fsp3) is 0.300. The lowest BCUT2D eigenvalue weighted by atomic mass is 9.92. The average Bonchev–Trinajstić information content (AvgIpc) is 3.20. The van der Waals surface area contributed by atoms with Crippen LogP contribution in [0.25, 0.3) is 22.2 Å². The molecule has 2 aliphatic heterocycles. The van der Waals surface area contributed by atoms with Gasteiger partial charge in [0, 0.05) is 35.5 Å². The minimum atomic E-state index is 0.664. The number of likely N-dealkylation sites (N-methyl/N-ethyl adjacent to an activating group) is 1. The van der Waals surface area contributed by atoms with E-state index in [4.69, 9.17) is 0 Å². The molecule has 0 amide bonds. The summed E-state index contributed by atoms with van der Waals surface area (Å²) in [6.07, 6.45) is 1.28. The zero-order valence-corrected chi connectivity index (χ0v) is 12.9. The quantitative estimate of drug-likeness (QED) is 0.512. The first-order valence-corrected chi connectivity index (χ1v) is 8.21. The van der Waals surface area contributed by atoms with E-state index >= 15 is 0 Å². The van der Waals surface area contributed by atoms with E-state index in [1.54, 1.807) is 5.56 Å². The lowest BCUT2D eigenvalue weighted by Crippen LogP contribution is -2.13. The van der Waals surface area contributed by atoms with Gasteiger partial charge in [0.2, 0.25) is 0 Å². The van der Waals surface area contributed by atoms with Crippen LogP contribution in [0.2, 0.25) is 0 Å². The molecule has 0 N–H and O–H groups in total. The molecule has 3 heterocycles. The first-order valence-electron chi connectivity index (χ1n) is 8.21. The molecule has 0 bridgehead atoms. The molecule has 1 saturated heterocycles. The molecular formula is C20H20N2. The Balaban J connectivity index is 1.83. The van der Waals surface area contributed by atoms with Crippen LogP contribution in [-0.2, 0) is 6.54 Å². The molecule has 0 radical (unpaired) electrons. The molecule has 2 heteroatoms. The third-order valence-corrected chi connectivity index (χ3v) is 5.41. The van der Waals surface area contributed by atoms with Crippen LogP contribution in [-0.4, -0.2) is 29.6 Å². The Kier molecular flexibility index (Phi) is 2.53. The van der Waals surface area contributed by atoms with E-state index in [1.807, 2.05) is 0 Å². The van der Waals surface area contributed by atoms with Crippen molar-refractivity contribution < 1.29 is 0 Å². The Labute approximate surface area is 131 Å². The van der Waals surface area contributed by atoms with Gasteiger partial charge in [-0.25, -0.2) is 0 Å². The second kappa shape index (κ2) is 4.47. The Morgan fingerprint density at radius 3 is 2.68 bits per heavy atom. The van der Waals surface area contributed by atoms with Gasteiger partial charge >= 0.3 is 0 Å². The van der Waals surface area contributed by atoms with Gasteiger partial charge in [-0.2, -0.15) is 0 Å². The van der Waals surface area contributed by atoms with Crippen LogP contribution in [0, 0.1) is 0 Å². The van der Waals surface area contributed by atoms with Crippen molar-refractivity contribution in [2.45, 2.75) is 18.9 Å². The molecule has 3 aromatic rings. The van der Waals surface area contributed by atoms with Gasteiger partial charge in [0.25, 0.3) is 0 Å². The lowest BCUT2D eigenvalue weighted by Gasteiger charge is -2.13. The first kappa shape index (κ1) is 12.5. The number of likely N-dealkylation sites (tertiary alicyclic amines) is 1. The van der Waals surface area contributed by atoms with Crippen molar-refractivity contribution in [3.63, 3.8) is 0 Å². The van der Waals surface area contributed by atoms with E-state index in [1.165, 1.54) is 47.2 Å². The Morgan fingerprint density at radius 2 is 1.82 bits per heavy atom. The summed E-state index contributed by atoms with van der Waals surface area (Å²) in [6, 6.07) is 17.9. The third kappa shape index (κ3) is 1.59. The number of para-hydroxylation sites is 1. The summed E-state index contributed by atoms with van der Waals surface area (Å²) >= 11 is 0. The molecular weight excluding hydrogens is 268 g/mol. The molecule has 2 aromatic carbocycles. The standard InChI is InChI=1S/C20H20N2/c1-21-11-10-15(12-21)19-17-8-4-5-9-18(17)22-13-14-6-2-3-7-16(14)20(19)22/h2-9,15H,10-13H2,1H3. The second-order valence-corrected chi connectivity index (χ2v) is 6.77. The molecule has 1 unspecified atom stereocenters. The van der Waals surface area contributed by atoms with Crippen LogP contribution in [0.15, 0.2) is 48.5 Å². The number of benzene rings is 2. The Hall–Kier alpha value is -2.06. The van der Waals surface area contributed by atoms with Crippen LogP contribution in [0.3, 0.4) is 0 Å². The van der Waals surface area contributed by atoms with Gasteiger partial charge in [0.1, 0.15) is 0 Å². The highest BCUT2D eigenvalue weighted by atomic mass is 15.1. The zero-order valence-electron chi connectivity index (χ0n) is 12.9. The monoisotopic (exact) mass is 288 g/mol. The van der Waals surface area contributed by atoms with Crippen LogP contribution in [0.4, 0.5) is 0 Å². The SMILES string of the molecule is CN1CCC(c2c3n(c4ccccc24)Cc2ccccc2-3)C1. The van der Waals surface area contributed by atoms with Gasteiger partial charge in [0.15, 0.2) is 0 Å². The van der Waals surface area contributed by atoms with Gasteiger partial charge in [-0.15, -0.1) is 0 Å². The fourth-order valence-electron chi connectivity index (χ4n) is 4.43. The number of nitrogens with zero attached hydrogens (tertiary/aromatic N) is 2. The molecule has 110 valence electrons. The predicted molar refractivity (Wildman–Crippen MR) is 91.3 cm³/mol. The summed E-state index contributed by atoms with van der Waals surface area (Å²) in [7, 11) is 2.24. The van der Waals surface area contributed by atoms with Gasteiger partial charge in [-0.05, 0) is 37.2 Å². The largest absolute Gasteiger partial charge is 0.336 e. The summed E-state index contributed by atoms with van der Waals surface area (Å²) in [5.74, 6) is 0.664. The molecule has 22 heavy (non-hydrogen) atoms. The van der Waals surface area contributed by atoms with Gasteiger partial charge < -0.3 is 9.47 Å². The highest BCUT2D eigenvalue weighted by molar-refractivity contribution is 5.94. The van der Waals surface area contributed by atoms with Crippen molar-refractivity contribution in [3.05, 3.63) is 59.7 Å². The number of aromatic nitrogens is 1. The molecule has 1 atom stereocenters. The van der Waals surface area contributed by atoms with E-state index in [0.29, 0.717) is 5.92 Å². The summed E-state index contributed by atoms with van der Waals surface area (Å²) in [4.78, 5) is 2.46. The molecule has 1 aromatic heterocycles. The van der Waals surface area contributed by atoms with Crippen LogP contribution in [0.1, 0.15) is 23.5 Å². The Morgan fingerprint density at radius 1 is 1.00 bits per heavy atom. The fourth-order valence-corrected chi connectivity index (χ4v) is 4.43. The van der Waals surface area contributed by atoms with Crippen LogP contribution >= 0.6 is 0 Å². The van der Waals surface area contributed by atoms with E-state index in [-0.39, 0.29) is 0 Å². The van der Waals surface area contributed by atoms with Crippen molar-refractivity contribution in [2.24, 2.45) is 0 Å². The molecule has 1 fully saturated rings. The van der Waals surface area contributed by atoms with Crippen LogP contribution in [0.5, 0.6) is 0 Å². The highest BCUT2D eigenvalue weighted by Crippen LogP contribution is 2.45. The van der Waals surface area contributed by atoms with Crippen LogP contribution < -0.4 is 0 Å². The minimum Gasteiger partial charge on any atom is -0.336 e. The molecule has 5 rings (SSSR count). The van der Waals surface area contributed by atoms with Crippen molar-refractivity contribution in [3.8, 4) is 11.3 Å². The maximum atomic E-state index is 2.54. The smallest absolute Gasteiger partial charge is 0.0533 e. The number of hydrogen-bond acceptors (Lipinski definition) is 1. The highest BCUT2D eigenvalue weighted by Gasteiger charge is 2.32. The number of fused-ring (bicyclic) bond motifs is 5. The minimum absolute atomic E-state index is 0.664. The third-order valence-electron chi connectivity index (χ3n) is 5.41.